The van der Waals surface area contributed by atoms with Gasteiger partial charge in [-0.1, -0.05) is 49.6 Å². The van der Waals surface area contributed by atoms with Crippen molar-refractivity contribution in [1.82, 2.24) is 9.80 Å². The summed E-state index contributed by atoms with van der Waals surface area (Å²) in [6, 6.07) is 8.52. The molecule has 0 heterocycles. The Bertz CT molecular complexity index is 488. The minimum atomic E-state index is 0.841. The quantitative estimate of drug-likeness (QED) is 0.654. The highest BCUT2D eigenvalue weighted by atomic mass is 15.1. The molecule has 1 aromatic carbocycles. The van der Waals surface area contributed by atoms with E-state index in [0.717, 1.165) is 30.9 Å². The zero-order chi connectivity index (χ0) is 15.1. The zero-order valence-corrected chi connectivity index (χ0v) is 13.0. The first-order valence-corrected chi connectivity index (χ1v) is 6.88. The summed E-state index contributed by atoms with van der Waals surface area (Å²) in [6.07, 6.45) is 1.88. The zero-order valence-electron chi connectivity index (χ0n) is 13.0. The summed E-state index contributed by atoms with van der Waals surface area (Å²) in [5, 5.41) is 0. The van der Waals surface area contributed by atoms with Gasteiger partial charge >= 0.3 is 0 Å². The number of hydrogen-bond acceptors (Lipinski definition) is 2. The van der Waals surface area contributed by atoms with Crippen LogP contribution in [-0.2, 0) is 13.1 Å². The normalized spacial score (nSPS) is 9.95. The Morgan fingerprint density at radius 2 is 1.65 bits per heavy atom. The first-order chi connectivity index (χ1) is 9.43. The van der Waals surface area contributed by atoms with Crippen molar-refractivity contribution >= 4 is 0 Å². The molecule has 0 aliphatic rings. The van der Waals surface area contributed by atoms with Gasteiger partial charge in [-0.25, -0.2) is 0 Å². The van der Waals surface area contributed by atoms with E-state index in [2.05, 4.69) is 60.8 Å². The van der Waals surface area contributed by atoms with Crippen molar-refractivity contribution in [2.75, 3.05) is 13.6 Å². The summed E-state index contributed by atoms with van der Waals surface area (Å²) < 4.78 is 0. The molecule has 0 atom stereocenters. The molecule has 0 unspecified atom stereocenters. The van der Waals surface area contributed by atoms with Gasteiger partial charge in [0, 0.05) is 32.4 Å². The minimum absolute atomic E-state index is 0.841. The lowest BCUT2D eigenvalue weighted by atomic mass is 10.1. The lowest BCUT2D eigenvalue weighted by molar-refractivity contribution is 0.386. The van der Waals surface area contributed by atoms with Gasteiger partial charge in [0.15, 0.2) is 0 Å². The van der Waals surface area contributed by atoms with E-state index in [4.69, 9.17) is 0 Å². The van der Waals surface area contributed by atoms with Gasteiger partial charge in [0.05, 0.1) is 0 Å². The number of rotatable bonds is 8. The molecule has 0 fully saturated rings. The summed E-state index contributed by atoms with van der Waals surface area (Å²) in [7, 11) is 2.07. The second kappa shape index (κ2) is 7.59. The van der Waals surface area contributed by atoms with E-state index in [1.807, 2.05) is 20.0 Å². The van der Waals surface area contributed by atoms with Gasteiger partial charge < -0.3 is 9.80 Å². The third kappa shape index (κ3) is 4.96. The van der Waals surface area contributed by atoms with Crippen LogP contribution in [0.25, 0.3) is 0 Å². The Kier molecular flexibility index (Phi) is 6.10. The maximum atomic E-state index is 3.99. The van der Waals surface area contributed by atoms with Crippen LogP contribution >= 0.6 is 0 Å². The standard InChI is InChI=1S/C18H26N2/c1-7-20(12-15(2)3)14-18-11-9-8-10-17(18)13-19(6)16(4)5/h7-11H,1-2,4,12-14H2,3,5-6H3. The molecular weight excluding hydrogens is 244 g/mol. The average Bonchev–Trinajstić information content (AvgIpc) is 2.39. The highest BCUT2D eigenvalue weighted by Crippen LogP contribution is 2.16. The molecule has 0 bridgehead atoms. The summed E-state index contributed by atoms with van der Waals surface area (Å²) in [4.78, 5) is 4.35. The van der Waals surface area contributed by atoms with Gasteiger partial charge in [-0.2, -0.15) is 0 Å². The Morgan fingerprint density at radius 3 is 2.10 bits per heavy atom. The van der Waals surface area contributed by atoms with Crippen LogP contribution in [0.2, 0.25) is 0 Å². The molecule has 0 spiro atoms. The van der Waals surface area contributed by atoms with E-state index in [1.54, 1.807) is 0 Å². The van der Waals surface area contributed by atoms with Crippen LogP contribution in [0, 0.1) is 0 Å². The van der Waals surface area contributed by atoms with Crippen LogP contribution in [-0.4, -0.2) is 23.4 Å². The number of nitrogens with zero attached hydrogens (tertiary/aromatic N) is 2. The average molecular weight is 270 g/mol. The lowest BCUT2D eigenvalue weighted by Gasteiger charge is -2.24. The fourth-order valence-corrected chi connectivity index (χ4v) is 2.01. The van der Waals surface area contributed by atoms with Crippen LogP contribution in [0.15, 0.2) is 61.5 Å². The number of allylic oxidation sites excluding steroid dienone is 1. The Hall–Kier alpha value is -1.96. The Morgan fingerprint density at radius 1 is 1.10 bits per heavy atom. The van der Waals surface area contributed by atoms with Crippen molar-refractivity contribution in [3.8, 4) is 0 Å². The fraction of sp³-hybridized carbons (Fsp3) is 0.333. The second-order valence-corrected chi connectivity index (χ2v) is 5.40. The number of hydrogen-bond donors (Lipinski definition) is 0. The van der Waals surface area contributed by atoms with Crippen molar-refractivity contribution in [2.45, 2.75) is 26.9 Å². The molecule has 0 aromatic heterocycles. The Labute approximate surface area is 123 Å². The smallest absolute Gasteiger partial charge is 0.0430 e. The Balaban J connectivity index is 2.86. The molecule has 0 aliphatic heterocycles. The molecule has 1 rings (SSSR count). The summed E-state index contributed by atoms with van der Waals surface area (Å²) >= 11 is 0. The molecular formula is C18H26N2. The predicted molar refractivity (Wildman–Crippen MR) is 88.1 cm³/mol. The van der Waals surface area contributed by atoms with Gasteiger partial charge in [0.1, 0.15) is 0 Å². The van der Waals surface area contributed by atoms with Crippen LogP contribution < -0.4 is 0 Å². The summed E-state index contributed by atoms with van der Waals surface area (Å²) in [5.74, 6) is 0. The van der Waals surface area contributed by atoms with Crippen LogP contribution in [0.4, 0.5) is 0 Å². The van der Waals surface area contributed by atoms with Gasteiger partial charge in [-0.05, 0) is 31.2 Å². The molecule has 108 valence electrons. The molecule has 1 aromatic rings. The van der Waals surface area contributed by atoms with Gasteiger partial charge in [-0.15, -0.1) is 0 Å². The minimum Gasteiger partial charge on any atom is -0.374 e. The van der Waals surface area contributed by atoms with E-state index in [-0.39, 0.29) is 0 Å². The van der Waals surface area contributed by atoms with Crippen molar-refractivity contribution < 1.29 is 0 Å². The topological polar surface area (TPSA) is 6.48 Å². The molecule has 0 amide bonds. The largest absolute Gasteiger partial charge is 0.374 e. The van der Waals surface area contributed by atoms with Crippen LogP contribution in [0.5, 0.6) is 0 Å². The molecule has 0 N–H and O–H groups in total. The molecule has 2 heteroatoms. The van der Waals surface area contributed by atoms with E-state index in [0.29, 0.717) is 0 Å². The van der Waals surface area contributed by atoms with Gasteiger partial charge in [0.2, 0.25) is 0 Å². The lowest BCUT2D eigenvalue weighted by Crippen LogP contribution is -2.21. The first-order valence-electron chi connectivity index (χ1n) is 6.88. The van der Waals surface area contributed by atoms with Crippen LogP contribution in [0.3, 0.4) is 0 Å². The third-order valence-electron chi connectivity index (χ3n) is 3.28. The fourth-order valence-electron chi connectivity index (χ4n) is 2.01. The highest BCUT2D eigenvalue weighted by Gasteiger charge is 2.08. The predicted octanol–water partition coefficient (Wildman–Crippen LogP) is 4.17. The monoisotopic (exact) mass is 270 g/mol. The molecule has 0 aliphatic carbocycles. The molecule has 0 saturated heterocycles. The second-order valence-electron chi connectivity index (χ2n) is 5.40. The van der Waals surface area contributed by atoms with E-state index in [1.165, 1.54) is 11.1 Å². The van der Waals surface area contributed by atoms with Gasteiger partial charge in [0.25, 0.3) is 0 Å². The van der Waals surface area contributed by atoms with E-state index < -0.39 is 0 Å². The third-order valence-corrected chi connectivity index (χ3v) is 3.28. The number of benzene rings is 1. The summed E-state index contributed by atoms with van der Waals surface area (Å²) in [6.45, 7) is 18.5. The van der Waals surface area contributed by atoms with Crippen molar-refractivity contribution in [1.29, 1.82) is 0 Å². The molecule has 20 heavy (non-hydrogen) atoms. The van der Waals surface area contributed by atoms with E-state index in [9.17, 15) is 0 Å². The maximum absolute atomic E-state index is 3.99. The van der Waals surface area contributed by atoms with Crippen molar-refractivity contribution in [3.63, 3.8) is 0 Å². The van der Waals surface area contributed by atoms with E-state index >= 15 is 0 Å². The van der Waals surface area contributed by atoms with Gasteiger partial charge in [-0.3, -0.25) is 0 Å². The van der Waals surface area contributed by atoms with Crippen LogP contribution in [0.1, 0.15) is 25.0 Å². The maximum Gasteiger partial charge on any atom is 0.0430 e. The van der Waals surface area contributed by atoms with Crippen molar-refractivity contribution in [3.05, 3.63) is 72.6 Å². The highest BCUT2D eigenvalue weighted by molar-refractivity contribution is 5.27. The molecule has 0 saturated carbocycles. The van der Waals surface area contributed by atoms with Crippen molar-refractivity contribution in [2.24, 2.45) is 0 Å². The summed E-state index contributed by atoms with van der Waals surface area (Å²) in [5.41, 5.74) is 4.86. The molecule has 2 nitrogen and oxygen atoms in total. The molecule has 0 radical (unpaired) electrons. The SMILES string of the molecule is C=CN(CC(=C)C)Cc1ccccc1CN(C)C(=C)C. The first kappa shape index (κ1) is 16.1.